The summed E-state index contributed by atoms with van der Waals surface area (Å²) in [5, 5.41) is 0. The van der Waals surface area contributed by atoms with Crippen LogP contribution < -0.4 is 0 Å². The maximum atomic E-state index is 13.4. The van der Waals surface area contributed by atoms with E-state index in [1.165, 1.54) is 0 Å². The summed E-state index contributed by atoms with van der Waals surface area (Å²) in [5.41, 5.74) is 3.98. The second-order valence-corrected chi connectivity index (χ2v) is 5.38. The third-order valence-corrected chi connectivity index (χ3v) is 4.30. The lowest BCUT2D eigenvalue weighted by atomic mass is 9.60. The van der Waals surface area contributed by atoms with Crippen molar-refractivity contribution in [3.8, 4) is 11.1 Å². The first-order chi connectivity index (χ1) is 8.62. The van der Waals surface area contributed by atoms with Crippen LogP contribution in [-0.4, -0.2) is 5.92 Å². The van der Waals surface area contributed by atoms with Crippen molar-refractivity contribution in [3.63, 3.8) is 0 Å². The number of rotatable bonds is 0. The molecule has 0 heterocycles. The number of hydrogen-bond acceptors (Lipinski definition) is 0. The van der Waals surface area contributed by atoms with E-state index in [1.54, 1.807) is 0 Å². The Morgan fingerprint density at radius 2 is 1.17 bits per heavy atom. The summed E-state index contributed by atoms with van der Waals surface area (Å²) in [4.78, 5) is 0. The molecule has 0 radical (unpaired) electrons. The molecule has 0 aliphatic heterocycles. The van der Waals surface area contributed by atoms with E-state index in [0.717, 1.165) is 22.3 Å². The van der Waals surface area contributed by atoms with Gasteiger partial charge >= 0.3 is 0 Å². The zero-order chi connectivity index (χ0) is 12.4. The number of benzene rings is 2. The van der Waals surface area contributed by atoms with Crippen LogP contribution >= 0.6 is 0 Å². The van der Waals surface area contributed by atoms with E-state index in [9.17, 15) is 8.78 Å². The van der Waals surface area contributed by atoms with Crippen LogP contribution in [0.3, 0.4) is 0 Å². The van der Waals surface area contributed by atoms with Gasteiger partial charge in [0.2, 0.25) is 0 Å². The van der Waals surface area contributed by atoms with E-state index < -0.39 is 11.3 Å². The van der Waals surface area contributed by atoms with E-state index in [2.05, 4.69) is 0 Å². The fraction of sp³-hybridized carbons (Fsp3) is 0.250. The van der Waals surface area contributed by atoms with Gasteiger partial charge in [-0.2, -0.15) is 0 Å². The van der Waals surface area contributed by atoms with Gasteiger partial charge in [0, 0.05) is 18.3 Å². The number of halogens is 2. The van der Waals surface area contributed by atoms with Crippen LogP contribution in [-0.2, 0) is 5.41 Å². The molecule has 0 nitrogen and oxygen atoms in total. The first-order valence-corrected chi connectivity index (χ1v) is 6.20. The summed E-state index contributed by atoms with van der Waals surface area (Å²) in [7, 11) is 0. The van der Waals surface area contributed by atoms with E-state index in [0.29, 0.717) is 0 Å². The summed E-state index contributed by atoms with van der Waals surface area (Å²) in [6.07, 6.45) is -0.0952. The number of hydrogen-bond donors (Lipinski definition) is 0. The fourth-order valence-electron chi connectivity index (χ4n) is 3.63. The fourth-order valence-corrected chi connectivity index (χ4v) is 3.63. The zero-order valence-corrected chi connectivity index (χ0v) is 9.79. The van der Waals surface area contributed by atoms with E-state index >= 15 is 0 Å². The molecule has 2 heteroatoms. The van der Waals surface area contributed by atoms with Crippen LogP contribution in [0.5, 0.6) is 0 Å². The SMILES string of the molecule is FC1(F)CC2(C1)c1ccccc1-c1ccccc12. The first kappa shape index (κ1) is 10.2. The normalized spacial score (nSPS) is 21.2. The van der Waals surface area contributed by atoms with Crippen LogP contribution in [0.1, 0.15) is 24.0 Å². The van der Waals surface area contributed by atoms with E-state index in [4.69, 9.17) is 0 Å². The quantitative estimate of drug-likeness (QED) is 0.643. The Balaban J connectivity index is 2.00. The minimum Gasteiger partial charge on any atom is -0.207 e. The second-order valence-electron chi connectivity index (χ2n) is 5.38. The topological polar surface area (TPSA) is 0 Å². The van der Waals surface area contributed by atoms with Gasteiger partial charge in [-0.1, -0.05) is 48.5 Å². The Bertz CT molecular complexity index is 588. The van der Waals surface area contributed by atoms with Crippen molar-refractivity contribution in [2.75, 3.05) is 0 Å². The van der Waals surface area contributed by atoms with Crippen molar-refractivity contribution in [1.29, 1.82) is 0 Å². The minimum absolute atomic E-state index is 0.0476. The molecule has 0 bridgehead atoms. The third-order valence-electron chi connectivity index (χ3n) is 4.30. The zero-order valence-electron chi connectivity index (χ0n) is 9.79. The van der Waals surface area contributed by atoms with Crippen LogP contribution in [0, 0.1) is 0 Å². The molecule has 2 aromatic rings. The molecular weight excluding hydrogens is 230 g/mol. The van der Waals surface area contributed by atoms with Gasteiger partial charge in [0.15, 0.2) is 0 Å². The third kappa shape index (κ3) is 1.08. The summed E-state index contributed by atoms with van der Waals surface area (Å²) in [6.45, 7) is 0. The largest absolute Gasteiger partial charge is 0.250 e. The molecule has 2 aliphatic carbocycles. The standard InChI is InChI=1S/C16H12F2/c17-16(18)9-15(10-16)13-7-3-1-5-11(13)12-6-2-4-8-14(12)15/h1-8H,9-10H2. The molecule has 2 aliphatic rings. The lowest BCUT2D eigenvalue weighted by Crippen LogP contribution is -2.48. The van der Waals surface area contributed by atoms with Gasteiger partial charge in [0.25, 0.3) is 5.92 Å². The molecule has 0 amide bonds. The van der Waals surface area contributed by atoms with Crippen LogP contribution in [0.4, 0.5) is 8.78 Å². The average Bonchev–Trinajstić information content (AvgIpc) is 2.61. The summed E-state index contributed by atoms with van der Waals surface area (Å²) < 4.78 is 26.8. The summed E-state index contributed by atoms with van der Waals surface area (Å²) >= 11 is 0. The molecule has 0 aromatic heterocycles. The molecule has 1 spiro atoms. The average molecular weight is 242 g/mol. The second kappa shape index (κ2) is 3.00. The molecule has 0 saturated heterocycles. The lowest BCUT2D eigenvalue weighted by Gasteiger charge is -2.46. The Morgan fingerprint density at radius 1 is 0.722 bits per heavy atom. The van der Waals surface area contributed by atoms with Crippen molar-refractivity contribution >= 4 is 0 Å². The molecule has 1 saturated carbocycles. The molecular formula is C16H12F2. The Hall–Kier alpha value is -1.70. The Kier molecular flexibility index (Phi) is 1.71. The smallest absolute Gasteiger partial charge is 0.207 e. The van der Waals surface area contributed by atoms with Crippen molar-refractivity contribution in [1.82, 2.24) is 0 Å². The highest BCUT2D eigenvalue weighted by molar-refractivity contribution is 5.81. The summed E-state index contributed by atoms with van der Waals surface area (Å²) in [6, 6.07) is 15.9. The summed E-state index contributed by atoms with van der Waals surface area (Å²) in [5.74, 6) is -2.51. The van der Waals surface area contributed by atoms with Gasteiger partial charge < -0.3 is 0 Å². The van der Waals surface area contributed by atoms with Crippen molar-refractivity contribution in [2.24, 2.45) is 0 Å². The predicted octanol–water partition coefficient (Wildman–Crippen LogP) is 4.38. The van der Waals surface area contributed by atoms with E-state index in [1.807, 2.05) is 48.5 Å². The van der Waals surface area contributed by atoms with Crippen LogP contribution in [0.2, 0.25) is 0 Å². The maximum absolute atomic E-state index is 13.4. The van der Waals surface area contributed by atoms with Crippen molar-refractivity contribution in [3.05, 3.63) is 59.7 Å². The monoisotopic (exact) mass is 242 g/mol. The van der Waals surface area contributed by atoms with Crippen LogP contribution in [0.25, 0.3) is 11.1 Å². The first-order valence-electron chi connectivity index (χ1n) is 6.20. The van der Waals surface area contributed by atoms with E-state index in [-0.39, 0.29) is 12.8 Å². The van der Waals surface area contributed by atoms with Crippen molar-refractivity contribution in [2.45, 2.75) is 24.2 Å². The molecule has 90 valence electrons. The van der Waals surface area contributed by atoms with Gasteiger partial charge in [-0.05, 0) is 22.3 Å². The van der Waals surface area contributed by atoms with Gasteiger partial charge in [0.1, 0.15) is 0 Å². The van der Waals surface area contributed by atoms with Gasteiger partial charge in [0.05, 0.1) is 0 Å². The molecule has 2 aromatic carbocycles. The highest BCUT2D eigenvalue weighted by Crippen LogP contribution is 2.63. The number of alkyl halides is 2. The van der Waals surface area contributed by atoms with Crippen LogP contribution in [0.15, 0.2) is 48.5 Å². The molecule has 4 rings (SSSR count). The number of fused-ring (bicyclic) bond motifs is 5. The maximum Gasteiger partial charge on any atom is 0.250 e. The molecule has 1 fully saturated rings. The van der Waals surface area contributed by atoms with Gasteiger partial charge in [-0.15, -0.1) is 0 Å². The highest BCUT2D eigenvalue weighted by atomic mass is 19.3. The predicted molar refractivity (Wildman–Crippen MR) is 66.8 cm³/mol. The Morgan fingerprint density at radius 3 is 1.61 bits per heavy atom. The molecule has 0 atom stereocenters. The molecule has 0 unspecified atom stereocenters. The van der Waals surface area contributed by atoms with Gasteiger partial charge in [-0.25, -0.2) is 8.78 Å². The molecule has 0 N–H and O–H groups in total. The van der Waals surface area contributed by atoms with Crippen molar-refractivity contribution < 1.29 is 8.78 Å². The highest BCUT2D eigenvalue weighted by Gasteiger charge is 2.61. The molecule has 18 heavy (non-hydrogen) atoms. The van der Waals surface area contributed by atoms with Gasteiger partial charge in [-0.3, -0.25) is 0 Å². The lowest BCUT2D eigenvalue weighted by molar-refractivity contribution is -0.112. The Labute approximate surface area is 104 Å². The minimum atomic E-state index is -2.51.